The first kappa shape index (κ1) is 20.9. The van der Waals surface area contributed by atoms with Gasteiger partial charge in [0.15, 0.2) is 0 Å². The summed E-state index contributed by atoms with van der Waals surface area (Å²) in [6.45, 7) is 13.7. The standard InChI is InChI=1S/C27H33N3O2/c1-17-9-10-20-18(2)24-22-8-6-7-21-19(16-28-26(31)32-27(3,4)5)11-12-29(25(21)22)13-14-30(24)23(20)15-17/h6-10,15,19H,11-14,16H2,1-5H3,(H,28,31). The molecule has 0 fully saturated rings. The number of hydrogen-bond donors (Lipinski definition) is 1. The molecule has 168 valence electrons. The zero-order valence-electron chi connectivity index (χ0n) is 19.8. The number of nitrogens with one attached hydrogen (secondary N) is 1. The van der Waals surface area contributed by atoms with Gasteiger partial charge in [-0.1, -0.05) is 30.3 Å². The van der Waals surface area contributed by atoms with Crippen molar-refractivity contribution < 1.29 is 9.53 Å². The molecule has 3 heterocycles. The van der Waals surface area contributed by atoms with Crippen LogP contribution in [-0.2, 0) is 11.3 Å². The Morgan fingerprint density at radius 2 is 1.94 bits per heavy atom. The van der Waals surface area contributed by atoms with Gasteiger partial charge in [-0.3, -0.25) is 0 Å². The number of rotatable bonds is 2. The van der Waals surface area contributed by atoms with Crippen LogP contribution >= 0.6 is 0 Å². The second-order valence-corrected chi connectivity index (χ2v) is 10.2. The van der Waals surface area contributed by atoms with Crippen LogP contribution in [0.2, 0.25) is 0 Å². The zero-order valence-corrected chi connectivity index (χ0v) is 19.8. The fourth-order valence-electron chi connectivity index (χ4n) is 5.40. The molecule has 2 aliphatic heterocycles. The van der Waals surface area contributed by atoms with Crippen LogP contribution in [-0.4, -0.2) is 35.9 Å². The summed E-state index contributed by atoms with van der Waals surface area (Å²) in [5, 5.41) is 4.35. The maximum Gasteiger partial charge on any atom is 0.407 e. The first-order valence-electron chi connectivity index (χ1n) is 11.7. The van der Waals surface area contributed by atoms with Gasteiger partial charge in [0, 0.05) is 54.3 Å². The number of amides is 1. The monoisotopic (exact) mass is 431 g/mol. The lowest BCUT2D eigenvalue weighted by Crippen LogP contribution is -2.38. The van der Waals surface area contributed by atoms with E-state index in [1.807, 2.05) is 20.8 Å². The Morgan fingerprint density at radius 3 is 2.72 bits per heavy atom. The predicted octanol–water partition coefficient (Wildman–Crippen LogP) is 5.76. The number of carbonyl (C=O) groups excluding carboxylic acids is 1. The molecule has 1 amide bonds. The fourth-order valence-corrected chi connectivity index (χ4v) is 5.40. The van der Waals surface area contributed by atoms with Gasteiger partial charge in [-0.25, -0.2) is 4.79 Å². The van der Waals surface area contributed by atoms with Gasteiger partial charge in [0.25, 0.3) is 0 Å². The Morgan fingerprint density at radius 1 is 1.12 bits per heavy atom. The van der Waals surface area contributed by atoms with Crippen LogP contribution in [0.1, 0.15) is 49.8 Å². The first-order chi connectivity index (χ1) is 15.2. The lowest BCUT2D eigenvalue weighted by Gasteiger charge is -2.36. The highest BCUT2D eigenvalue weighted by atomic mass is 16.6. The lowest BCUT2D eigenvalue weighted by atomic mass is 9.87. The Kier molecular flexibility index (Phi) is 4.95. The predicted molar refractivity (Wildman–Crippen MR) is 131 cm³/mol. The number of alkyl carbamates (subject to hydrolysis) is 1. The van der Waals surface area contributed by atoms with Crippen molar-refractivity contribution in [2.24, 2.45) is 0 Å². The van der Waals surface area contributed by atoms with E-state index in [0.717, 1.165) is 26.1 Å². The van der Waals surface area contributed by atoms with Gasteiger partial charge < -0.3 is 19.5 Å². The largest absolute Gasteiger partial charge is 0.444 e. The third-order valence-electron chi connectivity index (χ3n) is 6.78. The molecule has 0 spiro atoms. The molecule has 0 radical (unpaired) electrons. The van der Waals surface area contributed by atoms with Gasteiger partial charge in [0.05, 0.1) is 5.69 Å². The minimum atomic E-state index is -0.486. The summed E-state index contributed by atoms with van der Waals surface area (Å²) in [4.78, 5) is 14.8. The number of hydrogen-bond acceptors (Lipinski definition) is 3. The molecule has 0 saturated carbocycles. The average Bonchev–Trinajstić information content (AvgIpc) is 2.88. The van der Waals surface area contributed by atoms with Gasteiger partial charge in [-0.15, -0.1) is 0 Å². The Labute approximate surface area is 190 Å². The number of benzene rings is 2. The molecule has 1 atom stereocenters. The third kappa shape index (κ3) is 3.54. The normalized spacial score (nSPS) is 17.5. The highest BCUT2D eigenvalue weighted by Crippen LogP contribution is 2.46. The van der Waals surface area contributed by atoms with Crippen LogP contribution in [0.3, 0.4) is 0 Å². The van der Waals surface area contributed by atoms with E-state index in [1.54, 1.807) is 0 Å². The minimum Gasteiger partial charge on any atom is -0.444 e. The molecule has 2 aliphatic rings. The Bertz CT molecular complexity index is 1200. The zero-order chi connectivity index (χ0) is 22.6. The number of para-hydroxylation sites is 1. The lowest BCUT2D eigenvalue weighted by molar-refractivity contribution is 0.0524. The van der Waals surface area contributed by atoms with Gasteiger partial charge in [0.1, 0.15) is 5.60 Å². The van der Waals surface area contributed by atoms with Gasteiger partial charge in [-0.05, 0) is 63.8 Å². The summed E-state index contributed by atoms with van der Waals surface area (Å²) in [5.41, 5.74) is 8.82. The molecule has 32 heavy (non-hydrogen) atoms. The number of nitrogens with zero attached hydrogens (tertiary/aromatic N) is 2. The van der Waals surface area contributed by atoms with Gasteiger partial charge in [0.2, 0.25) is 0 Å². The molecule has 2 aromatic carbocycles. The maximum atomic E-state index is 12.3. The van der Waals surface area contributed by atoms with Crippen LogP contribution in [0.4, 0.5) is 10.5 Å². The van der Waals surface area contributed by atoms with Crippen molar-refractivity contribution in [3.63, 3.8) is 0 Å². The van der Waals surface area contributed by atoms with E-state index in [2.05, 4.69) is 65.0 Å². The summed E-state index contributed by atoms with van der Waals surface area (Å²) >= 11 is 0. The van der Waals surface area contributed by atoms with Crippen LogP contribution in [0, 0.1) is 13.8 Å². The number of aryl methyl sites for hydroxylation is 2. The molecular formula is C27H33N3O2. The van der Waals surface area contributed by atoms with Crippen molar-refractivity contribution in [2.45, 2.75) is 59.1 Å². The van der Waals surface area contributed by atoms with Crippen molar-refractivity contribution in [1.29, 1.82) is 0 Å². The topological polar surface area (TPSA) is 46.5 Å². The maximum absolute atomic E-state index is 12.3. The van der Waals surface area contributed by atoms with E-state index in [1.165, 1.54) is 44.5 Å². The Hall–Kier alpha value is -2.95. The van der Waals surface area contributed by atoms with E-state index < -0.39 is 5.60 Å². The summed E-state index contributed by atoms with van der Waals surface area (Å²) in [7, 11) is 0. The summed E-state index contributed by atoms with van der Waals surface area (Å²) < 4.78 is 7.97. The van der Waals surface area contributed by atoms with Crippen LogP contribution < -0.4 is 10.2 Å². The summed E-state index contributed by atoms with van der Waals surface area (Å²) in [5.74, 6) is 0.284. The van der Waals surface area contributed by atoms with Crippen molar-refractivity contribution >= 4 is 22.7 Å². The van der Waals surface area contributed by atoms with Gasteiger partial charge >= 0.3 is 6.09 Å². The second kappa shape index (κ2) is 7.58. The molecule has 3 aromatic rings. The molecule has 0 bridgehead atoms. The smallest absolute Gasteiger partial charge is 0.407 e. The number of carbonyl (C=O) groups is 1. The van der Waals surface area contributed by atoms with Crippen molar-refractivity contribution in [3.8, 4) is 11.3 Å². The molecule has 0 saturated heterocycles. The molecule has 0 aliphatic carbocycles. The first-order valence-corrected chi connectivity index (χ1v) is 11.7. The summed E-state index contributed by atoms with van der Waals surface area (Å²) in [6.07, 6.45) is 0.688. The van der Waals surface area contributed by atoms with Crippen LogP contribution in [0.15, 0.2) is 36.4 Å². The molecule has 1 aromatic heterocycles. The number of fused-ring (bicyclic) bond motifs is 4. The van der Waals surface area contributed by atoms with Crippen LogP contribution in [0.5, 0.6) is 0 Å². The Balaban J connectivity index is 1.54. The van der Waals surface area contributed by atoms with Crippen molar-refractivity contribution in [3.05, 3.63) is 53.1 Å². The molecule has 1 N–H and O–H groups in total. The molecule has 5 heteroatoms. The second-order valence-electron chi connectivity index (χ2n) is 10.2. The number of anilines is 1. The van der Waals surface area contributed by atoms with Crippen LogP contribution in [0.25, 0.3) is 22.2 Å². The number of aromatic nitrogens is 1. The highest BCUT2D eigenvalue weighted by molar-refractivity contribution is 5.95. The highest BCUT2D eigenvalue weighted by Gasteiger charge is 2.32. The third-order valence-corrected chi connectivity index (χ3v) is 6.78. The quantitative estimate of drug-likeness (QED) is 0.561. The van der Waals surface area contributed by atoms with E-state index in [4.69, 9.17) is 4.74 Å². The van der Waals surface area contributed by atoms with E-state index in [-0.39, 0.29) is 12.0 Å². The molecule has 1 unspecified atom stereocenters. The fraction of sp³-hybridized carbons (Fsp3) is 0.444. The SMILES string of the molecule is Cc1ccc2c(C)c3n(c2c1)CCN1CCC(CNC(=O)OC(C)(C)C)c2cccc-3c21. The van der Waals surface area contributed by atoms with Gasteiger partial charge in [-0.2, -0.15) is 0 Å². The van der Waals surface area contributed by atoms with Crippen molar-refractivity contribution in [2.75, 3.05) is 24.5 Å². The number of ether oxygens (including phenoxy) is 1. The van der Waals surface area contributed by atoms with E-state index in [9.17, 15) is 4.79 Å². The average molecular weight is 432 g/mol. The summed E-state index contributed by atoms with van der Waals surface area (Å²) in [6, 6.07) is 13.5. The van der Waals surface area contributed by atoms with E-state index in [0.29, 0.717) is 6.54 Å². The van der Waals surface area contributed by atoms with E-state index >= 15 is 0 Å². The molecule has 5 rings (SSSR count). The van der Waals surface area contributed by atoms with Crippen molar-refractivity contribution in [1.82, 2.24) is 9.88 Å². The molecular weight excluding hydrogens is 398 g/mol. The minimum absolute atomic E-state index is 0.284. The molecule has 5 nitrogen and oxygen atoms in total.